The highest BCUT2D eigenvalue weighted by molar-refractivity contribution is 4.62. The average molecular weight is 511 g/mol. The van der Waals surface area contributed by atoms with Crippen LogP contribution in [0.3, 0.4) is 0 Å². The predicted octanol–water partition coefficient (Wildman–Crippen LogP) is 14.2. The molecule has 0 aromatic carbocycles. The summed E-state index contributed by atoms with van der Waals surface area (Å²) < 4.78 is 0. The molecule has 0 amide bonds. The van der Waals surface area contributed by atoms with Crippen molar-refractivity contribution in [3.8, 4) is 0 Å². The normalized spacial score (nSPS) is 14.7. The summed E-state index contributed by atoms with van der Waals surface area (Å²) >= 11 is 0. The standard InChI is InChI=1S/C34H70.C2H6.H2/c1-7-9-10-11-12-13-14-15-16-17-18-19-24-32(4)26-21-28-34(6)30-22-29-33(5)27-20-25-31(3)23-8-2;1-2;/h31-34H,7-30H2,1-6H3;1-2H3;1H. The van der Waals surface area contributed by atoms with Gasteiger partial charge in [0.2, 0.25) is 0 Å². The zero-order valence-electron chi connectivity index (χ0n) is 27.3. The van der Waals surface area contributed by atoms with Gasteiger partial charge in [0.25, 0.3) is 0 Å². The Morgan fingerprint density at radius 2 is 0.556 bits per heavy atom. The second-order valence-corrected chi connectivity index (χ2v) is 12.7. The molecule has 0 rings (SSSR count). The number of rotatable bonds is 27. The Morgan fingerprint density at radius 1 is 0.306 bits per heavy atom. The fourth-order valence-electron chi connectivity index (χ4n) is 5.85. The van der Waals surface area contributed by atoms with Gasteiger partial charge in [-0.25, -0.2) is 0 Å². The van der Waals surface area contributed by atoms with Crippen molar-refractivity contribution < 1.29 is 1.43 Å². The van der Waals surface area contributed by atoms with Crippen LogP contribution in [-0.2, 0) is 0 Å². The lowest BCUT2D eigenvalue weighted by Gasteiger charge is -2.16. The van der Waals surface area contributed by atoms with Crippen molar-refractivity contribution in [2.24, 2.45) is 23.7 Å². The first-order valence-electron chi connectivity index (χ1n) is 17.5. The summed E-state index contributed by atoms with van der Waals surface area (Å²) in [6.45, 7) is 18.6. The predicted molar refractivity (Wildman–Crippen MR) is 172 cm³/mol. The first kappa shape index (κ1) is 38.1. The molecule has 222 valence electrons. The Bertz CT molecular complexity index is 379. The average Bonchev–Trinajstić information content (AvgIpc) is 2.86. The van der Waals surface area contributed by atoms with Gasteiger partial charge in [-0.2, -0.15) is 0 Å². The zero-order valence-corrected chi connectivity index (χ0v) is 27.3. The minimum absolute atomic E-state index is 0. The zero-order chi connectivity index (χ0) is 27.3. The van der Waals surface area contributed by atoms with Gasteiger partial charge >= 0.3 is 0 Å². The first-order valence-corrected chi connectivity index (χ1v) is 17.5. The SMILES string of the molecule is CC.CCCCCCCCCCCCCCC(C)CCCC(C)CCCC(C)CCCC(C)CCC.[HH]. The Balaban J connectivity index is -0.00000375. The molecule has 36 heavy (non-hydrogen) atoms. The maximum Gasteiger partial charge on any atom is 0 e. The third kappa shape index (κ3) is 30.2. The summed E-state index contributed by atoms with van der Waals surface area (Å²) in [7, 11) is 0. The highest BCUT2D eigenvalue weighted by atomic mass is 14.1. The summed E-state index contributed by atoms with van der Waals surface area (Å²) in [6.07, 6.45) is 35.0. The smallest absolute Gasteiger partial charge is 0 e. The molecule has 0 bridgehead atoms. The van der Waals surface area contributed by atoms with Gasteiger partial charge in [0.15, 0.2) is 0 Å². The molecule has 0 spiro atoms. The molecule has 0 aromatic rings. The number of hydrogen-bond donors (Lipinski definition) is 0. The summed E-state index contributed by atoms with van der Waals surface area (Å²) in [5.41, 5.74) is 0. The number of unbranched alkanes of at least 4 members (excludes halogenated alkanes) is 11. The molecule has 4 atom stereocenters. The van der Waals surface area contributed by atoms with Crippen LogP contribution >= 0.6 is 0 Å². The van der Waals surface area contributed by atoms with Gasteiger partial charge in [-0.3, -0.25) is 0 Å². The van der Waals surface area contributed by atoms with E-state index in [1.54, 1.807) is 0 Å². The molecule has 0 fully saturated rings. The first-order chi connectivity index (χ1) is 17.5. The molecular formula is C36H78. The van der Waals surface area contributed by atoms with Crippen LogP contribution in [0.4, 0.5) is 0 Å². The molecule has 0 aliphatic carbocycles. The molecule has 0 radical (unpaired) electrons. The summed E-state index contributed by atoms with van der Waals surface area (Å²) in [4.78, 5) is 0. The minimum Gasteiger partial charge on any atom is -0.0683 e. The van der Waals surface area contributed by atoms with Crippen molar-refractivity contribution >= 4 is 0 Å². The highest BCUT2D eigenvalue weighted by Gasteiger charge is 2.09. The topological polar surface area (TPSA) is 0 Å². The van der Waals surface area contributed by atoms with Gasteiger partial charge in [-0.05, 0) is 23.7 Å². The van der Waals surface area contributed by atoms with E-state index in [1.807, 2.05) is 13.8 Å². The van der Waals surface area contributed by atoms with Crippen molar-refractivity contribution in [2.45, 2.75) is 209 Å². The molecule has 0 N–H and O–H groups in total. The van der Waals surface area contributed by atoms with Gasteiger partial charge in [0, 0.05) is 1.43 Å². The van der Waals surface area contributed by atoms with Crippen molar-refractivity contribution in [2.75, 3.05) is 0 Å². The molecule has 0 heteroatoms. The van der Waals surface area contributed by atoms with E-state index in [4.69, 9.17) is 0 Å². The van der Waals surface area contributed by atoms with Crippen LogP contribution in [0.15, 0.2) is 0 Å². The van der Waals surface area contributed by atoms with E-state index in [1.165, 1.54) is 154 Å². The third-order valence-corrected chi connectivity index (χ3v) is 8.51. The van der Waals surface area contributed by atoms with Crippen molar-refractivity contribution in [1.82, 2.24) is 0 Å². The van der Waals surface area contributed by atoms with E-state index >= 15 is 0 Å². The van der Waals surface area contributed by atoms with Crippen molar-refractivity contribution in [3.63, 3.8) is 0 Å². The largest absolute Gasteiger partial charge is 0.0683 e. The van der Waals surface area contributed by atoms with Crippen LogP contribution < -0.4 is 0 Å². The van der Waals surface area contributed by atoms with Gasteiger partial charge in [-0.15, -0.1) is 0 Å². The quantitative estimate of drug-likeness (QED) is 0.0963. The van der Waals surface area contributed by atoms with Crippen LogP contribution in [0.2, 0.25) is 0 Å². The van der Waals surface area contributed by atoms with Gasteiger partial charge in [0.1, 0.15) is 0 Å². The molecular weight excluding hydrogens is 432 g/mol. The molecule has 4 unspecified atom stereocenters. The Hall–Kier alpha value is 0. The summed E-state index contributed by atoms with van der Waals surface area (Å²) in [5, 5.41) is 0. The maximum absolute atomic E-state index is 2.51. The van der Waals surface area contributed by atoms with Crippen molar-refractivity contribution in [3.05, 3.63) is 0 Å². The highest BCUT2D eigenvalue weighted by Crippen LogP contribution is 2.24. The monoisotopic (exact) mass is 511 g/mol. The molecule has 0 saturated carbocycles. The fourth-order valence-corrected chi connectivity index (χ4v) is 5.85. The Morgan fingerprint density at radius 3 is 0.861 bits per heavy atom. The van der Waals surface area contributed by atoms with Gasteiger partial charge in [-0.1, -0.05) is 209 Å². The van der Waals surface area contributed by atoms with Crippen LogP contribution in [0, 0.1) is 23.7 Å². The molecule has 0 aliphatic rings. The summed E-state index contributed by atoms with van der Waals surface area (Å²) in [5.74, 6) is 3.77. The molecule has 0 saturated heterocycles. The van der Waals surface area contributed by atoms with Crippen LogP contribution in [0.25, 0.3) is 0 Å². The van der Waals surface area contributed by atoms with E-state index in [2.05, 4.69) is 41.5 Å². The van der Waals surface area contributed by atoms with Crippen molar-refractivity contribution in [1.29, 1.82) is 0 Å². The molecule has 0 heterocycles. The van der Waals surface area contributed by atoms with Gasteiger partial charge < -0.3 is 0 Å². The Kier molecular flexibility index (Phi) is 33.1. The minimum atomic E-state index is 0. The molecule has 0 nitrogen and oxygen atoms in total. The lowest BCUT2D eigenvalue weighted by Crippen LogP contribution is -2.02. The van der Waals surface area contributed by atoms with Crippen LogP contribution in [0.5, 0.6) is 0 Å². The third-order valence-electron chi connectivity index (χ3n) is 8.51. The number of hydrogen-bond acceptors (Lipinski definition) is 0. The second kappa shape index (κ2) is 31.2. The summed E-state index contributed by atoms with van der Waals surface area (Å²) in [6, 6.07) is 0. The van der Waals surface area contributed by atoms with E-state index in [0.29, 0.717) is 0 Å². The van der Waals surface area contributed by atoms with Crippen LogP contribution in [-0.4, -0.2) is 0 Å². The fraction of sp³-hybridized carbons (Fsp3) is 1.00. The maximum atomic E-state index is 2.51. The lowest BCUT2D eigenvalue weighted by atomic mass is 9.90. The van der Waals surface area contributed by atoms with Gasteiger partial charge in [0.05, 0.1) is 0 Å². The van der Waals surface area contributed by atoms with Crippen LogP contribution in [0.1, 0.15) is 211 Å². The molecule has 0 aliphatic heterocycles. The van der Waals surface area contributed by atoms with E-state index in [0.717, 1.165) is 23.7 Å². The van der Waals surface area contributed by atoms with E-state index in [-0.39, 0.29) is 1.43 Å². The Labute approximate surface area is 234 Å². The van der Waals surface area contributed by atoms with E-state index < -0.39 is 0 Å². The molecule has 0 aromatic heterocycles. The lowest BCUT2D eigenvalue weighted by molar-refractivity contribution is 0.366. The second-order valence-electron chi connectivity index (χ2n) is 12.7. The van der Waals surface area contributed by atoms with E-state index in [9.17, 15) is 0 Å².